The van der Waals surface area contributed by atoms with Crippen molar-refractivity contribution in [2.24, 2.45) is 34.8 Å². The third-order valence-electron chi connectivity index (χ3n) is 11.7. The normalized spacial score (nSPS) is 24.7. The minimum absolute atomic E-state index is 0.0468. The van der Waals surface area contributed by atoms with E-state index in [1.54, 1.807) is 27.7 Å². The highest BCUT2D eigenvalue weighted by atomic mass is 33.1. The number of hydrogen-bond donors (Lipinski definition) is 12. The summed E-state index contributed by atoms with van der Waals surface area (Å²) in [5.41, 5.74) is 22.9. The Morgan fingerprint density at radius 3 is 1.99 bits per heavy atom. The molecule has 0 bridgehead atoms. The van der Waals surface area contributed by atoms with Gasteiger partial charge in [-0.05, 0) is 48.8 Å². The summed E-state index contributed by atoms with van der Waals surface area (Å²) in [6, 6.07) is -5.06. The van der Waals surface area contributed by atoms with E-state index in [1.165, 1.54) is 29.2 Å². The van der Waals surface area contributed by atoms with Gasteiger partial charge in [0.15, 0.2) is 0 Å². The fourth-order valence-corrected chi connectivity index (χ4v) is 9.59. The molecule has 2 aliphatic rings. The van der Waals surface area contributed by atoms with Crippen molar-refractivity contribution in [1.29, 1.82) is 0 Å². The lowest BCUT2D eigenvalue weighted by molar-refractivity contribution is -0.142. The molecule has 10 atom stereocenters. The van der Waals surface area contributed by atoms with Crippen LogP contribution in [0.4, 0.5) is 0 Å². The van der Waals surface area contributed by atoms with Crippen LogP contribution in [0.2, 0.25) is 0 Å². The highest BCUT2D eigenvalue weighted by molar-refractivity contribution is 8.76. The van der Waals surface area contributed by atoms with Crippen molar-refractivity contribution in [2.45, 2.75) is 127 Å². The molecule has 11 amide bonds. The van der Waals surface area contributed by atoms with Crippen molar-refractivity contribution >= 4 is 86.6 Å². The highest BCUT2D eigenvalue weighted by Crippen LogP contribution is 2.26. The Morgan fingerprint density at radius 1 is 0.768 bits per heavy atom. The number of benzene rings is 1. The lowest BCUT2D eigenvalue weighted by Crippen LogP contribution is -2.61. The van der Waals surface area contributed by atoms with Crippen LogP contribution >= 0.6 is 21.6 Å². The van der Waals surface area contributed by atoms with Crippen LogP contribution in [0.3, 0.4) is 0 Å². The van der Waals surface area contributed by atoms with Crippen LogP contribution in [0.25, 0.3) is 0 Å². The van der Waals surface area contributed by atoms with Gasteiger partial charge < -0.3 is 70.2 Å². The van der Waals surface area contributed by atoms with Gasteiger partial charge in [0.25, 0.3) is 0 Å². The van der Waals surface area contributed by atoms with E-state index in [2.05, 4.69) is 37.2 Å². The molecule has 1 unspecified atom stereocenters. The summed E-state index contributed by atoms with van der Waals surface area (Å²) in [6.07, 6.45) is -0.421. The Kier molecular flexibility index (Phi) is 23.0. The molecule has 0 aromatic heterocycles. The average molecular weight is 1010 g/mol. The summed E-state index contributed by atoms with van der Waals surface area (Å²) in [7, 11) is 2.05. The molecule has 2 fully saturated rings. The van der Waals surface area contributed by atoms with E-state index in [-0.39, 0.29) is 36.6 Å². The lowest BCUT2D eigenvalue weighted by Gasteiger charge is -2.31. The van der Waals surface area contributed by atoms with Gasteiger partial charge in [0.05, 0.1) is 19.0 Å². The van der Waals surface area contributed by atoms with Crippen LogP contribution in [-0.2, 0) is 59.2 Å². The monoisotopic (exact) mass is 1010 g/mol. The minimum Gasteiger partial charge on any atom is -0.508 e. The molecule has 0 saturated carbocycles. The van der Waals surface area contributed by atoms with Gasteiger partial charge in [0, 0.05) is 30.9 Å². The number of carbonyl (C=O) groups excluding carboxylic acids is 11. The van der Waals surface area contributed by atoms with E-state index in [0.717, 1.165) is 21.6 Å². The Bertz CT molecular complexity index is 2050. The van der Waals surface area contributed by atoms with Crippen LogP contribution in [0.5, 0.6) is 5.75 Å². The fourth-order valence-electron chi connectivity index (χ4n) is 7.31. The van der Waals surface area contributed by atoms with Gasteiger partial charge in [-0.3, -0.25) is 52.7 Å². The summed E-state index contributed by atoms with van der Waals surface area (Å²) < 4.78 is 0. The molecular formula is C43H66N12O12S2. The van der Waals surface area contributed by atoms with E-state index in [4.69, 9.17) is 22.9 Å². The van der Waals surface area contributed by atoms with E-state index in [9.17, 15) is 57.8 Å². The van der Waals surface area contributed by atoms with Crippen molar-refractivity contribution in [1.82, 2.24) is 42.1 Å². The number of nitrogens with one attached hydrogen (secondary N) is 7. The van der Waals surface area contributed by atoms with Gasteiger partial charge in [-0.2, -0.15) is 0 Å². The molecule has 2 aliphatic heterocycles. The minimum atomic E-state index is -1.75. The number of likely N-dealkylation sites (tertiary alicyclic amines) is 1. The third kappa shape index (κ3) is 18.0. The largest absolute Gasteiger partial charge is 0.508 e. The number of nitrogens with zero attached hydrogens (tertiary/aromatic N) is 1. The van der Waals surface area contributed by atoms with Gasteiger partial charge in [-0.15, -0.1) is 0 Å². The first-order chi connectivity index (χ1) is 32.6. The van der Waals surface area contributed by atoms with E-state index in [0.29, 0.717) is 24.8 Å². The van der Waals surface area contributed by atoms with E-state index >= 15 is 0 Å². The number of phenolic OH excluding ortho intramolecular Hbond substituents is 1. The Morgan fingerprint density at radius 2 is 1.38 bits per heavy atom. The quantitative estimate of drug-likeness (QED) is 0.0671. The number of phenols is 1. The number of primary amides is 3. The molecule has 2 saturated heterocycles. The molecule has 16 N–H and O–H groups in total. The molecule has 382 valence electrons. The van der Waals surface area contributed by atoms with Crippen LogP contribution in [-0.4, -0.2) is 148 Å². The number of hydrogen-bond acceptors (Lipinski definition) is 15. The topological polar surface area (TPSA) is 400 Å². The average Bonchev–Trinajstić information content (AvgIpc) is 3.80. The Balaban J connectivity index is 2.06. The molecule has 26 heteroatoms. The molecule has 1 aromatic rings. The summed E-state index contributed by atoms with van der Waals surface area (Å²) in [4.78, 5) is 148. The second kappa shape index (κ2) is 27.7. The van der Waals surface area contributed by atoms with Crippen molar-refractivity contribution in [3.05, 3.63) is 29.8 Å². The molecule has 69 heavy (non-hydrogen) atoms. The van der Waals surface area contributed by atoms with Crippen molar-refractivity contribution in [3.8, 4) is 5.75 Å². The zero-order valence-corrected chi connectivity index (χ0v) is 40.7. The first-order valence-corrected chi connectivity index (χ1v) is 25.1. The second-order valence-electron chi connectivity index (χ2n) is 17.1. The van der Waals surface area contributed by atoms with Crippen LogP contribution < -0.4 is 60.2 Å². The molecule has 24 nitrogen and oxygen atoms in total. The zero-order valence-electron chi connectivity index (χ0n) is 39.1. The van der Waals surface area contributed by atoms with Gasteiger partial charge in [-0.1, -0.05) is 74.3 Å². The first-order valence-electron chi connectivity index (χ1n) is 22.6. The van der Waals surface area contributed by atoms with Crippen molar-refractivity contribution < 1.29 is 57.8 Å². The van der Waals surface area contributed by atoms with Crippen molar-refractivity contribution in [3.63, 3.8) is 0 Å². The second-order valence-corrected chi connectivity index (χ2v) is 19.6. The third-order valence-corrected chi connectivity index (χ3v) is 14.2. The molecule has 2 heterocycles. The molecule has 0 aliphatic carbocycles. The molecule has 0 spiro atoms. The standard InChI is InChI=1S/C43H66N12O12S2/c1-5-21(3)34(41(65)48-18-33(47)59)54-40(64)30-8-7-15-55(30)43(67)29-20-69-68-19-25(44)36(60)50-27(16-23-9-11-24(56)12-10-23)39(63)53-35(22(4)6-2)42(66)49-26(13-14-31(45)57)37(61)51-28(17-32(46)58)38(62)52-29/h9-12,21-22,25-30,34-35,56H,5-8,13-20,44H2,1-4H3,(H2,45,57)(H2,46,58)(H2,47,59)(H,48,65)(H,49,66)(H,50,60)(H,51,61)(H,52,62)(H,53,63)(H,54,64)/t21-,22-,25-,26-,27-,28-,29-,30-,34-,35?/m0/s1. The maximum absolute atomic E-state index is 14.5. The van der Waals surface area contributed by atoms with Gasteiger partial charge in [0.1, 0.15) is 48.0 Å². The smallest absolute Gasteiger partial charge is 0.246 e. The number of rotatable bonds is 17. The summed E-state index contributed by atoms with van der Waals surface area (Å²) in [5, 5.41) is 27.7. The number of carbonyl (C=O) groups is 11. The lowest BCUT2D eigenvalue weighted by atomic mass is 9.96. The molecule has 0 radical (unpaired) electrons. The molecule has 1 aromatic carbocycles. The number of amides is 11. The Hall–Kier alpha value is -6.15. The first kappa shape index (κ1) is 57.2. The summed E-state index contributed by atoms with van der Waals surface area (Å²) >= 11 is 0. The molecular weight excluding hydrogens is 941 g/mol. The SMILES string of the molecule is CC[C@H](C)C1NC(=O)[C@H](Cc2ccc(O)cc2)NC(=O)[C@@H](N)CSSC[C@@H](C(=O)N2CCC[C@H]2C(=O)N[C@H](C(=O)NCC(N)=O)[C@@H](C)CC)NC(=O)[C@H](CC(N)=O)NC(=O)[C@H](CCC(N)=O)NC1=O. The predicted molar refractivity (Wildman–Crippen MR) is 254 cm³/mol. The maximum Gasteiger partial charge on any atom is 0.246 e. The highest BCUT2D eigenvalue weighted by Gasteiger charge is 2.41. The van der Waals surface area contributed by atoms with Crippen molar-refractivity contribution in [2.75, 3.05) is 24.6 Å². The molecule has 3 rings (SSSR count). The van der Waals surface area contributed by atoms with E-state index in [1.807, 2.05) is 0 Å². The number of aromatic hydroxyl groups is 1. The predicted octanol–water partition coefficient (Wildman–Crippen LogP) is -3.61. The summed E-state index contributed by atoms with van der Waals surface area (Å²) in [5.74, 6) is -10.7. The van der Waals surface area contributed by atoms with Gasteiger partial charge >= 0.3 is 0 Å². The van der Waals surface area contributed by atoms with Crippen LogP contribution in [0.15, 0.2) is 24.3 Å². The van der Waals surface area contributed by atoms with Gasteiger partial charge in [-0.25, -0.2) is 0 Å². The number of nitrogens with two attached hydrogens (primary N) is 4. The van der Waals surface area contributed by atoms with E-state index < -0.39 is 151 Å². The summed E-state index contributed by atoms with van der Waals surface area (Å²) in [6.45, 7) is 6.47. The van der Waals surface area contributed by atoms with Crippen LogP contribution in [0.1, 0.15) is 78.2 Å². The van der Waals surface area contributed by atoms with Gasteiger partial charge in [0.2, 0.25) is 65.0 Å². The fraction of sp³-hybridized carbons (Fsp3) is 0.605. The van der Waals surface area contributed by atoms with Crippen LogP contribution in [0, 0.1) is 11.8 Å². The maximum atomic E-state index is 14.5. The zero-order chi connectivity index (χ0) is 51.5. The Labute approximate surface area is 407 Å².